The molecule has 0 bridgehead atoms. The van der Waals surface area contributed by atoms with Crippen LogP contribution in [0.4, 0.5) is 19.0 Å². The van der Waals surface area contributed by atoms with E-state index in [9.17, 15) is 18.0 Å². The van der Waals surface area contributed by atoms with Gasteiger partial charge in [0.05, 0.1) is 24.5 Å². The van der Waals surface area contributed by atoms with Crippen LogP contribution < -0.4 is 5.43 Å². The third-order valence-electron chi connectivity index (χ3n) is 4.99. The molecular formula is C24H19F3N4O2. The minimum Gasteiger partial charge on any atom is -0.465 e. The van der Waals surface area contributed by atoms with Gasteiger partial charge in [0.1, 0.15) is 5.82 Å². The van der Waals surface area contributed by atoms with Crippen LogP contribution in [0.25, 0.3) is 10.9 Å². The Bertz CT molecular complexity index is 1310. The standard InChI is InChI=1S/C24H19F3N4O2/c1-33-23(32)17-6-4-5-16(11-17)14-31-15-18(20-7-2-3-8-21(20)31)12-29-30-22-10-9-19(13-28-22)24(25,26)27/h2-13,15H,14H2,1H3,(H,28,30)/b29-12+. The number of hydrazone groups is 1. The first-order valence-electron chi connectivity index (χ1n) is 9.92. The van der Waals surface area contributed by atoms with Crippen LogP contribution in [-0.2, 0) is 17.5 Å². The minimum atomic E-state index is -4.44. The first kappa shape index (κ1) is 22.1. The summed E-state index contributed by atoms with van der Waals surface area (Å²) in [4.78, 5) is 15.6. The maximum atomic E-state index is 12.7. The molecule has 0 fully saturated rings. The summed E-state index contributed by atoms with van der Waals surface area (Å²) in [5.74, 6) is -0.201. The van der Waals surface area contributed by atoms with Gasteiger partial charge < -0.3 is 9.30 Å². The van der Waals surface area contributed by atoms with Crippen LogP contribution in [0.5, 0.6) is 0 Å². The molecule has 2 aromatic carbocycles. The molecule has 0 aliphatic carbocycles. The molecule has 4 rings (SSSR count). The number of hydrogen-bond donors (Lipinski definition) is 1. The SMILES string of the molecule is COC(=O)c1cccc(Cn2cc(/C=N/Nc3ccc(C(F)(F)F)cn3)c3ccccc32)c1. The van der Waals surface area contributed by atoms with Gasteiger partial charge in [-0.15, -0.1) is 0 Å². The Morgan fingerprint density at radius 2 is 1.97 bits per heavy atom. The maximum Gasteiger partial charge on any atom is 0.417 e. The average molecular weight is 452 g/mol. The first-order valence-corrected chi connectivity index (χ1v) is 9.92. The summed E-state index contributed by atoms with van der Waals surface area (Å²) >= 11 is 0. The number of benzene rings is 2. The van der Waals surface area contributed by atoms with Crippen molar-refractivity contribution in [2.75, 3.05) is 12.5 Å². The quantitative estimate of drug-likeness (QED) is 0.244. The van der Waals surface area contributed by atoms with Crippen molar-refractivity contribution in [2.45, 2.75) is 12.7 Å². The Balaban J connectivity index is 1.55. The number of alkyl halides is 3. The monoisotopic (exact) mass is 452 g/mol. The number of ether oxygens (including phenoxy) is 1. The molecule has 0 saturated carbocycles. The highest BCUT2D eigenvalue weighted by Crippen LogP contribution is 2.29. The number of para-hydroxylation sites is 1. The zero-order valence-corrected chi connectivity index (χ0v) is 17.5. The molecule has 0 aliphatic rings. The molecule has 1 N–H and O–H groups in total. The molecule has 4 aromatic rings. The second-order valence-corrected chi connectivity index (χ2v) is 7.22. The summed E-state index contributed by atoms with van der Waals surface area (Å²) in [5, 5.41) is 5.08. The molecule has 2 aromatic heterocycles. The molecule has 6 nitrogen and oxygen atoms in total. The number of rotatable bonds is 6. The molecular weight excluding hydrogens is 433 g/mol. The lowest BCUT2D eigenvalue weighted by Gasteiger charge is -2.07. The van der Waals surface area contributed by atoms with E-state index in [2.05, 4.69) is 15.5 Å². The second kappa shape index (κ2) is 9.15. The van der Waals surface area contributed by atoms with Crippen LogP contribution in [-0.4, -0.2) is 28.8 Å². The fourth-order valence-corrected chi connectivity index (χ4v) is 3.42. The number of nitrogens with one attached hydrogen (secondary N) is 1. The lowest BCUT2D eigenvalue weighted by molar-refractivity contribution is -0.137. The summed E-state index contributed by atoms with van der Waals surface area (Å²) in [5.41, 5.74) is 5.01. The van der Waals surface area contributed by atoms with Gasteiger partial charge in [-0.3, -0.25) is 5.43 Å². The lowest BCUT2D eigenvalue weighted by atomic mass is 10.1. The third kappa shape index (κ3) is 5.03. The number of hydrogen-bond acceptors (Lipinski definition) is 5. The van der Waals surface area contributed by atoms with E-state index in [0.29, 0.717) is 12.1 Å². The van der Waals surface area contributed by atoms with Crippen molar-refractivity contribution in [3.63, 3.8) is 0 Å². The highest BCUT2D eigenvalue weighted by Gasteiger charge is 2.30. The fourth-order valence-electron chi connectivity index (χ4n) is 3.42. The number of carbonyl (C=O) groups is 1. The van der Waals surface area contributed by atoms with E-state index in [1.54, 1.807) is 24.4 Å². The smallest absolute Gasteiger partial charge is 0.417 e. The van der Waals surface area contributed by atoms with Crippen molar-refractivity contribution in [1.82, 2.24) is 9.55 Å². The van der Waals surface area contributed by atoms with Crippen molar-refractivity contribution in [3.05, 3.63) is 95.3 Å². The van der Waals surface area contributed by atoms with Gasteiger partial charge in [-0.25, -0.2) is 9.78 Å². The predicted molar refractivity (Wildman–Crippen MR) is 119 cm³/mol. The third-order valence-corrected chi connectivity index (χ3v) is 4.99. The molecule has 2 heterocycles. The highest BCUT2D eigenvalue weighted by atomic mass is 19.4. The van der Waals surface area contributed by atoms with Crippen molar-refractivity contribution < 1.29 is 22.7 Å². The van der Waals surface area contributed by atoms with Gasteiger partial charge in [-0.05, 0) is 35.9 Å². The van der Waals surface area contributed by atoms with Crippen LogP contribution in [0.15, 0.2) is 78.2 Å². The van der Waals surface area contributed by atoms with Crippen LogP contribution in [0.2, 0.25) is 0 Å². The van der Waals surface area contributed by atoms with Gasteiger partial charge >= 0.3 is 12.1 Å². The van der Waals surface area contributed by atoms with E-state index in [1.807, 2.05) is 41.1 Å². The molecule has 0 amide bonds. The largest absolute Gasteiger partial charge is 0.465 e. The number of esters is 1. The van der Waals surface area contributed by atoms with E-state index >= 15 is 0 Å². The van der Waals surface area contributed by atoms with Gasteiger partial charge in [0.25, 0.3) is 0 Å². The number of anilines is 1. The number of aromatic nitrogens is 2. The molecule has 0 atom stereocenters. The highest BCUT2D eigenvalue weighted by molar-refractivity contribution is 5.99. The fraction of sp³-hybridized carbons (Fsp3) is 0.125. The number of nitrogens with zero attached hydrogens (tertiary/aromatic N) is 3. The average Bonchev–Trinajstić information content (AvgIpc) is 3.16. The van der Waals surface area contributed by atoms with E-state index in [-0.39, 0.29) is 5.82 Å². The summed E-state index contributed by atoms with van der Waals surface area (Å²) in [6.45, 7) is 0.521. The van der Waals surface area contributed by atoms with Gasteiger partial charge in [0.2, 0.25) is 0 Å². The number of pyridine rings is 1. The minimum absolute atomic E-state index is 0.197. The molecule has 0 aliphatic heterocycles. The Morgan fingerprint density at radius 3 is 2.70 bits per heavy atom. The van der Waals surface area contributed by atoms with Gasteiger partial charge in [-0.1, -0.05) is 30.3 Å². The van der Waals surface area contributed by atoms with E-state index in [1.165, 1.54) is 13.2 Å². The lowest BCUT2D eigenvalue weighted by Crippen LogP contribution is -2.05. The van der Waals surface area contributed by atoms with Crippen LogP contribution in [0, 0.1) is 0 Å². The van der Waals surface area contributed by atoms with E-state index < -0.39 is 17.7 Å². The summed E-state index contributed by atoms with van der Waals surface area (Å²) in [7, 11) is 1.34. The Morgan fingerprint density at radius 1 is 1.15 bits per heavy atom. The van der Waals surface area contributed by atoms with Crippen LogP contribution in [0.1, 0.15) is 27.0 Å². The Labute approximate surface area is 187 Å². The predicted octanol–water partition coefficient (Wildman–Crippen LogP) is 5.34. The first-order chi connectivity index (χ1) is 15.8. The summed E-state index contributed by atoms with van der Waals surface area (Å²) in [6, 6.07) is 17.1. The van der Waals surface area contributed by atoms with Crippen molar-refractivity contribution >= 4 is 28.9 Å². The number of methoxy groups -OCH3 is 1. The number of halogens is 3. The molecule has 0 saturated heterocycles. The normalized spacial score (nSPS) is 11.8. The Hall–Kier alpha value is -4.14. The van der Waals surface area contributed by atoms with Crippen LogP contribution >= 0.6 is 0 Å². The molecule has 33 heavy (non-hydrogen) atoms. The molecule has 0 spiro atoms. The number of carbonyl (C=O) groups excluding carboxylic acids is 1. The van der Waals surface area contributed by atoms with Gasteiger partial charge in [0.15, 0.2) is 0 Å². The zero-order chi connectivity index (χ0) is 23.4. The topological polar surface area (TPSA) is 68.5 Å². The van der Waals surface area contributed by atoms with E-state index in [0.717, 1.165) is 34.3 Å². The zero-order valence-electron chi connectivity index (χ0n) is 17.5. The Kier molecular flexibility index (Phi) is 6.12. The van der Waals surface area contributed by atoms with Crippen molar-refractivity contribution in [2.24, 2.45) is 5.10 Å². The number of fused-ring (bicyclic) bond motifs is 1. The maximum absolute atomic E-state index is 12.7. The molecule has 0 unspecified atom stereocenters. The van der Waals surface area contributed by atoms with Gasteiger partial charge in [-0.2, -0.15) is 18.3 Å². The molecule has 9 heteroatoms. The van der Waals surface area contributed by atoms with Gasteiger partial charge in [0, 0.05) is 35.4 Å². The summed E-state index contributed by atoms with van der Waals surface area (Å²) in [6.07, 6.45) is -0.178. The van der Waals surface area contributed by atoms with Crippen LogP contribution in [0.3, 0.4) is 0 Å². The summed E-state index contributed by atoms with van der Waals surface area (Å²) < 4.78 is 44.8. The molecule has 0 radical (unpaired) electrons. The van der Waals surface area contributed by atoms with Crippen molar-refractivity contribution in [3.8, 4) is 0 Å². The van der Waals surface area contributed by atoms with Crippen molar-refractivity contribution in [1.29, 1.82) is 0 Å². The second-order valence-electron chi connectivity index (χ2n) is 7.22. The molecule has 168 valence electrons. The van der Waals surface area contributed by atoms with E-state index in [4.69, 9.17) is 4.74 Å².